The molecule has 1 heterocycles. The molecule has 0 amide bonds. The van der Waals surface area contributed by atoms with Gasteiger partial charge in [-0.3, -0.25) is 4.48 Å². The predicted octanol–water partition coefficient (Wildman–Crippen LogP) is -0.483. The number of quaternary nitrogens is 1. The molecule has 0 atom stereocenters. The zero-order valence-corrected chi connectivity index (χ0v) is 10.7. The molecule has 0 radical (unpaired) electrons. The Hall–Kier alpha value is -0.540. The molecule has 15 heavy (non-hydrogen) atoms. The molecule has 0 saturated carbocycles. The highest BCUT2D eigenvalue weighted by Crippen LogP contribution is 2.27. The molecule has 84 valence electrons. The molecule has 1 aliphatic heterocycles. The smallest absolute Gasteiger partial charge is 0.132 e. The lowest BCUT2D eigenvalue weighted by Gasteiger charge is -2.37. The zero-order valence-electron chi connectivity index (χ0n) is 9.12. The van der Waals surface area contributed by atoms with Crippen LogP contribution in [0.3, 0.4) is 0 Å². The van der Waals surface area contributed by atoms with Gasteiger partial charge in [-0.05, 0) is 31.4 Å². The van der Waals surface area contributed by atoms with Gasteiger partial charge in [0.25, 0.3) is 0 Å². The minimum Gasteiger partial charge on any atom is -1.00 e. The average molecular weight is 272 g/mol. The van der Waals surface area contributed by atoms with E-state index in [4.69, 9.17) is 0 Å². The molecule has 0 bridgehead atoms. The average Bonchev–Trinajstić information content (AvgIpc) is 2.19. The maximum absolute atomic E-state index is 9.23. The van der Waals surface area contributed by atoms with Gasteiger partial charge < -0.3 is 22.1 Å². The summed E-state index contributed by atoms with van der Waals surface area (Å²) in [5, 5.41) is 9.23. The highest BCUT2D eigenvalue weighted by molar-refractivity contribution is 5.45. The first-order chi connectivity index (χ1) is 6.71. The van der Waals surface area contributed by atoms with Crippen LogP contribution in [0.2, 0.25) is 0 Å². The van der Waals surface area contributed by atoms with Gasteiger partial charge >= 0.3 is 0 Å². The first-order valence-electron chi connectivity index (χ1n) is 5.35. The summed E-state index contributed by atoms with van der Waals surface area (Å²) in [6.45, 7) is 2.45. The maximum atomic E-state index is 9.23. The lowest BCUT2D eigenvalue weighted by molar-refractivity contribution is -0.00000404. The molecule has 2 rings (SSSR count). The summed E-state index contributed by atoms with van der Waals surface area (Å²) >= 11 is 0. The van der Waals surface area contributed by atoms with Crippen molar-refractivity contribution < 1.29 is 22.1 Å². The van der Waals surface area contributed by atoms with Crippen molar-refractivity contribution in [3.8, 4) is 5.75 Å². The lowest BCUT2D eigenvalue weighted by atomic mass is 10.1. The van der Waals surface area contributed by atoms with E-state index in [1.807, 2.05) is 12.1 Å². The van der Waals surface area contributed by atoms with Crippen LogP contribution < -0.4 is 21.5 Å². The van der Waals surface area contributed by atoms with E-state index in [1.165, 1.54) is 38.0 Å². The summed E-state index contributed by atoms with van der Waals surface area (Å²) in [4.78, 5) is 0. The van der Waals surface area contributed by atoms with Gasteiger partial charge in [-0.25, -0.2) is 0 Å². The third kappa shape index (κ3) is 2.73. The van der Waals surface area contributed by atoms with Crippen LogP contribution in [0.15, 0.2) is 24.3 Å². The SMILES string of the molecule is C[N+]1(c2ccc(O)cc2)CCCCC1.[Br-]. The van der Waals surface area contributed by atoms with Crippen molar-refractivity contribution in [1.29, 1.82) is 0 Å². The fourth-order valence-corrected chi connectivity index (χ4v) is 2.28. The van der Waals surface area contributed by atoms with Crippen LogP contribution in [-0.2, 0) is 0 Å². The number of hydrogen-bond acceptors (Lipinski definition) is 1. The molecule has 1 aromatic rings. The number of rotatable bonds is 1. The van der Waals surface area contributed by atoms with Crippen LogP contribution in [-0.4, -0.2) is 25.2 Å². The van der Waals surface area contributed by atoms with E-state index >= 15 is 0 Å². The van der Waals surface area contributed by atoms with E-state index in [9.17, 15) is 5.11 Å². The van der Waals surface area contributed by atoms with Gasteiger partial charge in [-0.2, -0.15) is 0 Å². The standard InChI is InChI=1S/C12H17NO.BrH/c1-13(9-3-2-4-10-13)11-5-7-12(14)8-6-11;/h5-8H,2-4,9-10H2,1H3;1H. The largest absolute Gasteiger partial charge is 1.00 e. The Balaban J connectivity index is 0.00000112. The van der Waals surface area contributed by atoms with Crippen molar-refractivity contribution in [2.45, 2.75) is 19.3 Å². The number of benzene rings is 1. The zero-order chi connectivity index (χ0) is 10.0. The van der Waals surface area contributed by atoms with Crippen LogP contribution in [0.5, 0.6) is 5.75 Å². The third-order valence-electron chi connectivity index (χ3n) is 3.28. The van der Waals surface area contributed by atoms with Crippen molar-refractivity contribution in [2.75, 3.05) is 20.1 Å². The Bertz CT molecular complexity index is 304. The van der Waals surface area contributed by atoms with E-state index in [1.54, 1.807) is 12.1 Å². The number of hydrogen-bond donors (Lipinski definition) is 1. The van der Waals surface area contributed by atoms with Crippen molar-refractivity contribution in [2.24, 2.45) is 0 Å². The summed E-state index contributed by atoms with van der Waals surface area (Å²) in [5.74, 6) is 0.359. The Morgan fingerprint density at radius 1 is 1.00 bits per heavy atom. The molecule has 1 fully saturated rings. The quantitative estimate of drug-likeness (QED) is 0.685. The summed E-state index contributed by atoms with van der Waals surface area (Å²) < 4.78 is 1.03. The van der Waals surface area contributed by atoms with Gasteiger partial charge in [-0.15, -0.1) is 0 Å². The van der Waals surface area contributed by atoms with Gasteiger partial charge in [0.15, 0.2) is 0 Å². The second-order valence-electron chi connectivity index (χ2n) is 4.42. The van der Waals surface area contributed by atoms with Gasteiger partial charge in [0.2, 0.25) is 0 Å². The Kier molecular flexibility index (Phi) is 4.17. The second-order valence-corrected chi connectivity index (χ2v) is 4.42. The summed E-state index contributed by atoms with van der Waals surface area (Å²) in [5.41, 5.74) is 1.32. The molecule has 0 aromatic heterocycles. The van der Waals surface area contributed by atoms with Gasteiger partial charge in [0.1, 0.15) is 11.4 Å². The Labute approximate surface area is 102 Å². The maximum Gasteiger partial charge on any atom is 0.132 e. The Morgan fingerprint density at radius 2 is 1.53 bits per heavy atom. The van der Waals surface area contributed by atoms with Crippen LogP contribution in [0.1, 0.15) is 19.3 Å². The molecule has 1 aliphatic rings. The van der Waals surface area contributed by atoms with E-state index in [2.05, 4.69) is 7.05 Å². The van der Waals surface area contributed by atoms with Crippen molar-refractivity contribution >= 4 is 5.69 Å². The van der Waals surface area contributed by atoms with Crippen molar-refractivity contribution in [1.82, 2.24) is 4.48 Å². The molecule has 1 saturated heterocycles. The summed E-state index contributed by atoms with van der Waals surface area (Å²) in [6, 6.07) is 7.65. The van der Waals surface area contributed by atoms with E-state index in [-0.39, 0.29) is 17.0 Å². The van der Waals surface area contributed by atoms with Crippen molar-refractivity contribution in [3.05, 3.63) is 24.3 Å². The summed E-state index contributed by atoms with van der Waals surface area (Å²) in [7, 11) is 2.28. The highest BCUT2D eigenvalue weighted by atomic mass is 79.9. The number of piperidine rings is 1. The topological polar surface area (TPSA) is 20.2 Å². The Morgan fingerprint density at radius 3 is 2.07 bits per heavy atom. The van der Waals surface area contributed by atoms with E-state index in [0.29, 0.717) is 5.75 Å². The monoisotopic (exact) mass is 271 g/mol. The molecule has 0 aliphatic carbocycles. The number of phenols is 1. The molecule has 1 aromatic carbocycles. The minimum atomic E-state index is 0. The van der Waals surface area contributed by atoms with Gasteiger partial charge in [0, 0.05) is 12.1 Å². The van der Waals surface area contributed by atoms with Crippen molar-refractivity contribution in [3.63, 3.8) is 0 Å². The number of likely N-dealkylation sites (tertiary alicyclic amines) is 1. The fraction of sp³-hybridized carbons (Fsp3) is 0.500. The third-order valence-corrected chi connectivity index (χ3v) is 3.28. The van der Waals surface area contributed by atoms with E-state index < -0.39 is 0 Å². The predicted molar refractivity (Wildman–Crippen MR) is 59.4 cm³/mol. The number of nitrogens with zero attached hydrogens (tertiary/aromatic N) is 1. The van der Waals surface area contributed by atoms with Gasteiger partial charge in [-0.1, -0.05) is 0 Å². The van der Waals surface area contributed by atoms with Gasteiger partial charge in [0.05, 0.1) is 20.1 Å². The van der Waals surface area contributed by atoms with Crippen LogP contribution in [0.25, 0.3) is 0 Å². The number of aromatic hydroxyl groups is 1. The van der Waals surface area contributed by atoms with Crippen LogP contribution in [0.4, 0.5) is 5.69 Å². The first-order valence-corrected chi connectivity index (χ1v) is 5.35. The lowest BCUT2D eigenvalue weighted by Crippen LogP contribution is -3.00. The minimum absolute atomic E-state index is 0. The summed E-state index contributed by atoms with van der Waals surface area (Å²) in [6.07, 6.45) is 4.00. The number of phenolic OH excluding ortho intramolecular Hbond substituents is 1. The first kappa shape index (κ1) is 12.5. The number of halogens is 1. The molecular formula is C12H18BrNO. The molecule has 0 unspecified atom stereocenters. The molecular weight excluding hydrogens is 254 g/mol. The van der Waals surface area contributed by atoms with Crippen LogP contribution in [0, 0.1) is 0 Å². The molecule has 1 N–H and O–H groups in total. The highest BCUT2D eigenvalue weighted by Gasteiger charge is 2.26. The normalized spacial score (nSPS) is 19.3. The molecule has 0 spiro atoms. The molecule has 3 heteroatoms. The second kappa shape index (κ2) is 4.99. The fourth-order valence-electron chi connectivity index (χ4n) is 2.28. The molecule has 2 nitrogen and oxygen atoms in total. The van der Waals surface area contributed by atoms with E-state index in [0.717, 1.165) is 4.48 Å². The van der Waals surface area contributed by atoms with Crippen LogP contribution >= 0.6 is 0 Å².